The van der Waals surface area contributed by atoms with Gasteiger partial charge in [-0.1, -0.05) is 97.1 Å². The number of nitrogens with one attached hydrogen (secondary N) is 2. The second-order valence-corrected chi connectivity index (χ2v) is 11.2. The van der Waals surface area contributed by atoms with E-state index in [9.17, 15) is 14.7 Å². The third-order valence-corrected chi connectivity index (χ3v) is 7.69. The van der Waals surface area contributed by atoms with Gasteiger partial charge in [-0.25, -0.2) is 4.79 Å². The molecule has 9 nitrogen and oxygen atoms in total. The predicted molar refractivity (Wildman–Crippen MR) is 176 cm³/mol. The van der Waals surface area contributed by atoms with E-state index in [-0.39, 0.29) is 32.0 Å². The Labute approximate surface area is 270 Å². The van der Waals surface area contributed by atoms with Crippen molar-refractivity contribution in [1.82, 2.24) is 10.2 Å². The van der Waals surface area contributed by atoms with Crippen molar-refractivity contribution in [2.45, 2.75) is 51.5 Å². The minimum Gasteiger partial charge on any atom is -0.465 e. The number of ether oxygens (including phenoxy) is 3. The number of rotatable bonds is 13. The van der Waals surface area contributed by atoms with Crippen LogP contribution in [-0.4, -0.2) is 47.8 Å². The topological polar surface area (TPSA) is 109 Å². The fourth-order valence-corrected chi connectivity index (χ4v) is 5.49. The molecule has 46 heavy (non-hydrogen) atoms. The second-order valence-electron chi connectivity index (χ2n) is 11.2. The van der Waals surface area contributed by atoms with Crippen LogP contribution in [0.1, 0.15) is 53.6 Å². The van der Waals surface area contributed by atoms with Crippen molar-refractivity contribution in [1.29, 1.82) is 0 Å². The first-order valence-corrected chi connectivity index (χ1v) is 15.6. The Bertz CT molecular complexity index is 1490. The zero-order valence-corrected chi connectivity index (χ0v) is 26.0. The third kappa shape index (κ3) is 9.73. The Morgan fingerprint density at radius 2 is 1.50 bits per heavy atom. The van der Waals surface area contributed by atoms with Gasteiger partial charge in [-0.3, -0.25) is 9.69 Å². The number of hydrogen-bond donors (Lipinski definition) is 3. The number of aliphatic hydroxyl groups excluding tert-OH is 1. The Kier molecular flexibility index (Phi) is 11.9. The molecule has 0 saturated carbocycles. The number of amides is 2. The first kappa shape index (κ1) is 32.8. The average Bonchev–Trinajstić information content (AvgIpc) is 3.08. The summed E-state index contributed by atoms with van der Waals surface area (Å²) in [6.45, 7) is 3.89. The maximum Gasteiger partial charge on any atom is 0.325 e. The van der Waals surface area contributed by atoms with Crippen LogP contribution in [0, 0.1) is 0 Å². The van der Waals surface area contributed by atoms with Gasteiger partial charge in [0, 0.05) is 37.3 Å². The number of carbonyl (C=O) groups excluding carboxylic acids is 2. The van der Waals surface area contributed by atoms with Crippen LogP contribution in [0.5, 0.6) is 0 Å². The Balaban J connectivity index is 1.36. The van der Waals surface area contributed by atoms with E-state index in [1.54, 1.807) is 13.0 Å². The standard InChI is InChI=1S/C37H41N3O6/c1-2-44-35(42)22-38-37(43)39-32-15-9-14-31(20-32)36-45-33(21-34(46-36)30-18-16-29(26-41)17-19-30)25-40(23-27-10-5-3-6-11-27)24-28-12-7-4-8-13-28/h3-20,33-34,36,41H,2,21-26H2,1H3,(H2,38,39,43)/t33-,34+,36+/m1/s1. The molecule has 0 aliphatic carbocycles. The zero-order chi connectivity index (χ0) is 32.1. The molecule has 1 aliphatic heterocycles. The van der Waals surface area contributed by atoms with Crippen molar-refractivity contribution in [3.05, 3.63) is 137 Å². The molecule has 0 spiro atoms. The molecule has 1 heterocycles. The van der Waals surface area contributed by atoms with Gasteiger partial charge in [-0.15, -0.1) is 0 Å². The summed E-state index contributed by atoms with van der Waals surface area (Å²) in [5.74, 6) is -0.506. The molecule has 2 amide bonds. The van der Waals surface area contributed by atoms with Crippen LogP contribution in [0.3, 0.4) is 0 Å². The summed E-state index contributed by atoms with van der Waals surface area (Å²) in [4.78, 5) is 26.5. The van der Waals surface area contributed by atoms with Gasteiger partial charge < -0.3 is 30.0 Å². The maximum absolute atomic E-state index is 12.5. The van der Waals surface area contributed by atoms with E-state index in [1.807, 2.05) is 54.6 Å². The molecule has 240 valence electrons. The average molecular weight is 624 g/mol. The molecule has 0 aromatic heterocycles. The highest BCUT2D eigenvalue weighted by Crippen LogP contribution is 2.39. The van der Waals surface area contributed by atoms with Crippen molar-refractivity contribution >= 4 is 17.7 Å². The monoisotopic (exact) mass is 623 g/mol. The molecule has 3 atom stereocenters. The molecule has 4 aromatic rings. The summed E-state index contributed by atoms with van der Waals surface area (Å²) in [6.07, 6.45) is -0.473. The first-order valence-electron chi connectivity index (χ1n) is 15.6. The van der Waals surface area contributed by atoms with E-state index >= 15 is 0 Å². The highest BCUT2D eigenvalue weighted by molar-refractivity contribution is 5.91. The lowest BCUT2D eigenvalue weighted by atomic mass is 9.99. The van der Waals surface area contributed by atoms with Gasteiger partial charge in [-0.2, -0.15) is 0 Å². The van der Waals surface area contributed by atoms with Crippen LogP contribution < -0.4 is 10.6 Å². The van der Waals surface area contributed by atoms with Crippen molar-refractivity contribution in [3.63, 3.8) is 0 Å². The highest BCUT2D eigenvalue weighted by Gasteiger charge is 2.33. The number of carbonyl (C=O) groups is 2. The Morgan fingerprint density at radius 3 is 2.13 bits per heavy atom. The van der Waals surface area contributed by atoms with Crippen LogP contribution in [0.25, 0.3) is 0 Å². The molecule has 3 N–H and O–H groups in total. The van der Waals surface area contributed by atoms with E-state index < -0.39 is 18.3 Å². The lowest BCUT2D eigenvalue weighted by molar-refractivity contribution is -0.253. The summed E-state index contributed by atoms with van der Waals surface area (Å²) in [7, 11) is 0. The highest BCUT2D eigenvalue weighted by atomic mass is 16.7. The number of esters is 1. The summed E-state index contributed by atoms with van der Waals surface area (Å²) in [5, 5.41) is 14.9. The predicted octanol–water partition coefficient (Wildman–Crippen LogP) is 6.11. The Morgan fingerprint density at radius 1 is 0.826 bits per heavy atom. The molecule has 0 radical (unpaired) electrons. The van der Waals surface area contributed by atoms with Crippen molar-refractivity contribution < 1.29 is 28.9 Å². The van der Waals surface area contributed by atoms with Crippen molar-refractivity contribution in [2.75, 3.05) is 25.0 Å². The normalized spacial score (nSPS) is 17.8. The molecule has 1 saturated heterocycles. The lowest BCUT2D eigenvalue weighted by Gasteiger charge is -2.38. The molecular weight excluding hydrogens is 582 g/mol. The number of benzene rings is 4. The Hall–Kier alpha value is -4.54. The minimum absolute atomic E-state index is 0.0265. The zero-order valence-electron chi connectivity index (χ0n) is 26.0. The molecule has 1 fully saturated rings. The van der Waals surface area contributed by atoms with Gasteiger partial charge >= 0.3 is 12.0 Å². The maximum atomic E-state index is 12.5. The molecule has 0 unspecified atom stereocenters. The van der Waals surface area contributed by atoms with Crippen molar-refractivity contribution in [3.8, 4) is 0 Å². The summed E-state index contributed by atoms with van der Waals surface area (Å²) < 4.78 is 18.1. The van der Waals surface area contributed by atoms with Gasteiger partial charge in [0.25, 0.3) is 0 Å². The molecule has 5 rings (SSSR count). The molecular formula is C37H41N3O6. The number of aliphatic hydroxyl groups is 1. The molecule has 9 heteroatoms. The van der Waals surface area contributed by atoms with E-state index in [2.05, 4.69) is 64.1 Å². The fraction of sp³-hybridized carbons (Fsp3) is 0.297. The first-order chi connectivity index (χ1) is 22.5. The lowest BCUT2D eigenvalue weighted by Crippen LogP contribution is -2.39. The van der Waals surface area contributed by atoms with Crippen molar-refractivity contribution in [2.24, 2.45) is 0 Å². The second kappa shape index (κ2) is 16.7. The van der Waals surface area contributed by atoms with Gasteiger partial charge in [0.2, 0.25) is 0 Å². The van der Waals surface area contributed by atoms with E-state index in [1.165, 1.54) is 11.1 Å². The largest absolute Gasteiger partial charge is 0.465 e. The van der Waals surface area contributed by atoms with Gasteiger partial charge in [-0.05, 0) is 41.3 Å². The van der Waals surface area contributed by atoms with Crippen LogP contribution >= 0.6 is 0 Å². The molecule has 4 aromatic carbocycles. The fourth-order valence-electron chi connectivity index (χ4n) is 5.49. The number of hydrogen-bond acceptors (Lipinski definition) is 7. The summed E-state index contributed by atoms with van der Waals surface area (Å²) in [6, 6.07) is 35.4. The van der Waals surface area contributed by atoms with Gasteiger partial charge in [0.1, 0.15) is 6.54 Å². The van der Waals surface area contributed by atoms with E-state index in [0.717, 1.165) is 29.8 Å². The minimum atomic E-state index is -0.694. The number of urea groups is 1. The van der Waals surface area contributed by atoms with Crippen LogP contribution in [0.2, 0.25) is 0 Å². The van der Waals surface area contributed by atoms with Crippen LogP contribution in [0.15, 0.2) is 109 Å². The van der Waals surface area contributed by atoms with E-state index in [0.29, 0.717) is 18.7 Å². The molecule has 1 aliphatic rings. The quantitative estimate of drug-likeness (QED) is 0.154. The van der Waals surface area contributed by atoms with Crippen LogP contribution in [0.4, 0.5) is 10.5 Å². The molecule has 0 bridgehead atoms. The summed E-state index contributed by atoms with van der Waals surface area (Å²) >= 11 is 0. The van der Waals surface area contributed by atoms with Gasteiger partial charge in [0.05, 0.1) is 25.4 Å². The third-order valence-electron chi connectivity index (χ3n) is 7.69. The van der Waals surface area contributed by atoms with Crippen LogP contribution in [-0.2, 0) is 38.7 Å². The van der Waals surface area contributed by atoms with Gasteiger partial charge in [0.15, 0.2) is 6.29 Å². The van der Waals surface area contributed by atoms with E-state index in [4.69, 9.17) is 14.2 Å². The smallest absolute Gasteiger partial charge is 0.325 e. The SMILES string of the molecule is CCOC(=O)CNC(=O)Nc1cccc([C@H]2O[C@@H](CN(Cc3ccccc3)Cc3ccccc3)C[C@@H](c3ccc(CO)cc3)O2)c1. The summed E-state index contributed by atoms with van der Waals surface area (Å²) in [5.41, 5.74) is 5.56. The number of anilines is 1. The number of nitrogens with zero attached hydrogens (tertiary/aromatic N) is 1.